The fraction of sp³-hybridized carbons (Fsp3) is 0.805. The quantitative estimate of drug-likeness (QED) is 0.175. The second-order valence-electron chi connectivity index (χ2n) is 16.6. The van der Waals surface area contributed by atoms with Gasteiger partial charge in [0.05, 0.1) is 29.8 Å². The van der Waals surface area contributed by atoms with Gasteiger partial charge in [0.1, 0.15) is 18.2 Å². The average molecular weight is 780 g/mol. The first-order valence-corrected chi connectivity index (χ1v) is 20.4. The van der Waals surface area contributed by atoms with Crippen molar-refractivity contribution >= 4 is 35.0 Å². The average Bonchev–Trinajstić information content (AvgIpc) is 3.15. The van der Waals surface area contributed by atoms with Gasteiger partial charge >= 0.3 is 5.97 Å². The first kappa shape index (κ1) is 42.9. The molecule has 0 radical (unpaired) electrons. The van der Waals surface area contributed by atoms with Gasteiger partial charge in [-0.3, -0.25) is 14.4 Å². The lowest BCUT2D eigenvalue weighted by atomic mass is 9.72. The summed E-state index contributed by atoms with van der Waals surface area (Å²) < 4.78 is 30.0. The third-order valence-corrected chi connectivity index (χ3v) is 13.5. The van der Waals surface area contributed by atoms with Crippen LogP contribution in [-0.2, 0) is 42.9 Å². The summed E-state index contributed by atoms with van der Waals surface area (Å²) in [5.74, 6) is -7.82. The molecule has 6 bridgehead atoms. The van der Waals surface area contributed by atoms with Crippen LogP contribution >= 0.6 is 11.6 Å². The van der Waals surface area contributed by atoms with Crippen molar-refractivity contribution in [3.8, 4) is 0 Å². The van der Waals surface area contributed by atoms with E-state index in [0.29, 0.717) is 44.1 Å². The highest BCUT2D eigenvalue weighted by Crippen LogP contribution is 2.44. The van der Waals surface area contributed by atoms with Crippen LogP contribution in [-0.4, -0.2) is 120 Å². The van der Waals surface area contributed by atoms with Crippen molar-refractivity contribution in [3.63, 3.8) is 0 Å². The number of rotatable bonds is 5. The van der Waals surface area contributed by atoms with Crippen molar-refractivity contribution < 1.29 is 53.1 Å². The Labute approximate surface area is 325 Å². The molecule has 2 N–H and O–H groups in total. The SMILES string of the molecule is CCC1=CC(C)C[C@H](C)[C@H](OC)[C@H]2O[C@@](O)(C(=O)C(=O)N3CCCC4C(=C[C@@H]5CC[C@H](Cl)[C@H](OC)C5)[C@@H](OC(=O)[C@H]43)[C@H](C)[C@@H](O)CC1=O)[C@H](C)C[C@@H]2OC. The molecular weight excluding hydrogens is 718 g/mol. The van der Waals surface area contributed by atoms with Crippen LogP contribution in [0.3, 0.4) is 0 Å². The minimum Gasteiger partial charge on any atom is -0.456 e. The Morgan fingerprint density at radius 3 is 2.33 bits per heavy atom. The fourth-order valence-corrected chi connectivity index (χ4v) is 10.1. The van der Waals surface area contributed by atoms with Crippen molar-refractivity contribution in [2.24, 2.45) is 35.5 Å². The molecule has 0 aromatic heterocycles. The van der Waals surface area contributed by atoms with Gasteiger partial charge in [0.2, 0.25) is 5.79 Å². The summed E-state index contributed by atoms with van der Waals surface area (Å²) in [5, 5.41) is 23.6. The summed E-state index contributed by atoms with van der Waals surface area (Å²) >= 11 is 6.58. The van der Waals surface area contributed by atoms with E-state index in [1.807, 2.05) is 26.8 Å². The number of aliphatic hydroxyl groups excluding tert-OH is 1. The third-order valence-electron chi connectivity index (χ3n) is 13.0. The number of halogens is 1. The Hall–Kier alpha value is -2.19. The smallest absolute Gasteiger partial charge is 0.330 e. The van der Waals surface area contributed by atoms with Crippen LogP contribution in [0.2, 0.25) is 0 Å². The molecule has 6 aliphatic rings. The van der Waals surface area contributed by atoms with Gasteiger partial charge in [0, 0.05) is 52.0 Å². The summed E-state index contributed by atoms with van der Waals surface area (Å²) in [4.78, 5) is 57.9. The van der Waals surface area contributed by atoms with E-state index in [1.54, 1.807) is 21.0 Å². The van der Waals surface area contributed by atoms with Crippen LogP contribution in [0.5, 0.6) is 0 Å². The van der Waals surface area contributed by atoms with E-state index in [0.717, 1.165) is 12.0 Å². The number of nitrogens with zero attached hydrogens (tertiary/aromatic N) is 1. The molecule has 5 heterocycles. The summed E-state index contributed by atoms with van der Waals surface area (Å²) in [6.45, 7) is 9.41. The highest BCUT2D eigenvalue weighted by Gasteiger charge is 2.58. The zero-order chi connectivity index (χ0) is 39.6. The summed E-state index contributed by atoms with van der Waals surface area (Å²) in [5.41, 5.74) is 1.36. The van der Waals surface area contributed by atoms with E-state index in [4.69, 9.17) is 35.3 Å². The monoisotopic (exact) mass is 779 g/mol. The second kappa shape index (κ2) is 17.9. The second-order valence-corrected chi connectivity index (χ2v) is 17.1. The molecule has 0 spiro atoms. The Kier molecular flexibility index (Phi) is 14.3. The number of aliphatic hydroxyl groups is 2. The number of carbonyl (C=O) groups excluding carboxylic acids is 4. The number of ketones is 2. The number of methoxy groups -OCH3 is 3. The maximum absolute atomic E-state index is 14.4. The maximum atomic E-state index is 14.4. The number of ether oxygens (including phenoxy) is 5. The number of Topliss-reactive ketones (excluding diaryl/α,β-unsaturated/α-hetero) is 2. The first-order valence-electron chi connectivity index (χ1n) is 19.9. The fourth-order valence-electron chi connectivity index (χ4n) is 9.81. The van der Waals surface area contributed by atoms with E-state index in [2.05, 4.69) is 6.08 Å². The standard InChI is InChI=1S/C41H62ClNO11/c1-9-26-16-21(2)15-22(3)35(52-8)37-33(51-7)17-23(4)41(49,54-37)38(46)39(47)43-14-10-11-27-28(18-25-12-13-29(42)32(19-25)50-6)36(53-40(48)34(27)43)24(5)30(44)20-31(26)45/h16,18,21-25,27,29-30,32-37,44,49H,9-15,17,19-20H2,1-8H3/t21?,22-,23+,24+,25-,27?,29-,30-,32+,33-,34-,35-,36-,37-,41+/m0/s1. The summed E-state index contributed by atoms with van der Waals surface area (Å²) in [6.07, 6.45) is 3.97. The van der Waals surface area contributed by atoms with Gasteiger partial charge in [-0.25, -0.2) is 4.79 Å². The van der Waals surface area contributed by atoms with E-state index in [-0.39, 0.29) is 54.4 Å². The number of esters is 1. The van der Waals surface area contributed by atoms with Crippen LogP contribution in [0.1, 0.15) is 92.4 Å². The van der Waals surface area contributed by atoms with Gasteiger partial charge in [-0.2, -0.15) is 0 Å². The molecular formula is C41H62ClNO11. The van der Waals surface area contributed by atoms with Gasteiger partial charge < -0.3 is 38.8 Å². The van der Waals surface area contributed by atoms with Gasteiger partial charge in [-0.1, -0.05) is 46.8 Å². The molecule has 4 fully saturated rings. The summed E-state index contributed by atoms with van der Waals surface area (Å²) in [7, 11) is 4.69. The largest absolute Gasteiger partial charge is 0.456 e. The van der Waals surface area contributed by atoms with E-state index < -0.39 is 77.8 Å². The predicted molar refractivity (Wildman–Crippen MR) is 200 cm³/mol. The molecule has 0 aromatic rings. The normalized spacial score (nSPS) is 43.9. The first-order chi connectivity index (χ1) is 25.6. The van der Waals surface area contributed by atoms with Gasteiger partial charge in [0.15, 0.2) is 5.78 Å². The Bertz CT molecular complexity index is 1450. The van der Waals surface area contributed by atoms with Gasteiger partial charge in [0.25, 0.3) is 11.7 Å². The lowest BCUT2D eigenvalue weighted by molar-refractivity contribution is -0.305. The van der Waals surface area contributed by atoms with Crippen molar-refractivity contribution in [1.82, 2.24) is 4.90 Å². The molecule has 1 saturated carbocycles. The zero-order valence-corrected chi connectivity index (χ0v) is 34.0. The van der Waals surface area contributed by atoms with Crippen molar-refractivity contribution in [2.75, 3.05) is 27.9 Å². The number of fused-ring (bicyclic) bond motifs is 10. The number of hydrogen-bond acceptors (Lipinski definition) is 11. The maximum Gasteiger partial charge on any atom is 0.330 e. The van der Waals surface area contributed by atoms with Crippen LogP contribution in [0.15, 0.2) is 23.3 Å². The molecule has 13 heteroatoms. The Morgan fingerprint density at radius 2 is 1.69 bits per heavy atom. The molecule has 12 nitrogen and oxygen atoms in total. The molecule has 2 unspecified atom stereocenters. The lowest BCUT2D eigenvalue weighted by Crippen LogP contribution is -2.66. The molecule has 1 aliphatic carbocycles. The van der Waals surface area contributed by atoms with E-state index in [1.165, 1.54) is 19.1 Å². The number of amides is 1. The van der Waals surface area contributed by atoms with Gasteiger partial charge in [-0.05, 0) is 80.3 Å². The van der Waals surface area contributed by atoms with E-state index >= 15 is 0 Å². The van der Waals surface area contributed by atoms with Crippen molar-refractivity contribution in [2.45, 2.75) is 146 Å². The molecule has 6 rings (SSSR count). The highest BCUT2D eigenvalue weighted by molar-refractivity contribution is 6.39. The van der Waals surface area contributed by atoms with Crippen LogP contribution in [0, 0.1) is 35.5 Å². The highest BCUT2D eigenvalue weighted by atomic mass is 35.5. The molecule has 304 valence electrons. The van der Waals surface area contributed by atoms with Crippen molar-refractivity contribution in [3.05, 3.63) is 23.3 Å². The number of carbonyl (C=O) groups is 4. The van der Waals surface area contributed by atoms with Crippen LogP contribution in [0.25, 0.3) is 0 Å². The van der Waals surface area contributed by atoms with Gasteiger partial charge in [-0.15, -0.1) is 11.6 Å². The summed E-state index contributed by atoms with van der Waals surface area (Å²) in [6, 6.07) is -1.13. The molecule has 5 aliphatic heterocycles. The molecule has 3 saturated heterocycles. The Balaban J connectivity index is 1.61. The lowest BCUT2D eigenvalue weighted by Gasteiger charge is -2.49. The number of piperidine rings is 1. The van der Waals surface area contributed by atoms with Crippen LogP contribution < -0.4 is 0 Å². The minimum absolute atomic E-state index is 0.0132. The third kappa shape index (κ3) is 8.55. The number of allylic oxidation sites excluding steroid dienone is 3. The Morgan fingerprint density at radius 1 is 0.981 bits per heavy atom. The molecule has 15 atom stereocenters. The molecule has 1 amide bonds. The van der Waals surface area contributed by atoms with Crippen molar-refractivity contribution in [1.29, 1.82) is 0 Å². The molecule has 54 heavy (non-hydrogen) atoms. The van der Waals surface area contributed by atoms with Crippen LogP contribution in [0.4, 0.5) is 0 Å². The predicted octanol–water partition coefficient (Wildman–Crippen LogP) is 4.55. The van der Waals surface area contributed by atoms with E-state index in [9.17, 15) is 29.4 Å². The number of alkyl halides is 1. The number of hydrogen-bond donors (Lipinski definition) is 2. The minimum atomic E-state index is -2.51. The topological polar surface area (TPSA) is 158 Å². The zero-order valence-electron chi connectivity index (χ0n) is 33.2. The molecule has 0 aromatic carbocycles.